The van der Waals surface area contributed by atoms with Crippen LogP contribution in [0.4, 0.5) is 14.9 Å². The molecule has 1 unspecified atom stereocenters. The highest BCUT2D eigenvalue weighted by Gasteiger charge is 2.33. The number of benzene rings is 1. The van der Waals surface area contributed by atoms with Crippen molar-refractivity contribution >= 4 is 17.7 Å². The summed E-state index contributed by atoms with van der Waals surface area (Å²) in [5.41, 5.74) is 0.428. The minimum absolute atomic E-state index is 0.0108. The third-order valence-electron chi connectivity index (χ3n) is 4.19. The van der Waals surface area contributed by atoms with Crippen LogP contribution >= 0.6 is 0 Å². The summed E-state index contributed by atoms with van der Waals surface area (Å²) in [4.78, 5) is 32.3. The Morgan fingerprint density at radius 2 is 2.28 bits per heavy atom. The normalized spacial score (nSPS) is 16.1. The van der Waals surface area contributed by atoms with Gasteiger partial charge in [-0.1, -0.05) is 5.16 Å². The molecule has 1 saturated heterocycles. The first-order valence-corrected chi connectivity index (χ1v) is 8.67. The van der Waals surface area contributed by atoms with Gasteiger partial charge in [-0.3, -0.25) is 9.69 Å². The van der Waals surface area contributed by atoms with E-state index in [0.717, 1.165) is 0 Å². The van der Waals surface area contributed by atoms with E-state index in [9.17, 15) is 14.0 Å². The van der Waals surface area contributed by atoms with Crippen molar-refractivity contribution in [1.82, 2.24) is 30.2 Å². The van der Waals surface area contributed by atoms with Crippen LogP contribution in [0.25, 0.3) is 11.5 Å². The molecule has 1 aromatic carbocycles. The molecular weight excluding hydrogens is 385 g/mol. The average molecular weight is 401 g/mol. The Kier molecular flexibility index (Phi) is 4.89. The summed E-state index contributed by atoms with van der Waals surface area (Å²) in [5.74, 6) is -0.524. The number of carbonyl (C=O) groups is 2. The Bertz CT molecular complexity index is 1040. The smallest absolute Gasteiger partial charge is 0.414 e. The number of nitrogens with zero attached hydrogens (tertiary/aromatic N) is 6. The molecule has 4 rings (SSSR count). The summed E-state index contributed by atoms with van der Waals surface area (Å²) in [5, 5.41) is 10.3. The second-order valence-corrected chi connectivity index (χ2v) is 6.33. The molecule has 12 heteroatoms. The van der Waals surface area contributed by atoms with Gasteiger partial charge in [-0.05, 0) is 18.2 Å². The fourth-order valence-electron chi connectivity index (χ4n) is 2.83. The summed E-state index contributed by atoms with van der Waals surface area (Å²) in [6.45, 7) is 1.99. The maximum Gasteiger partial charge on any atom is 0.414 e. The van der Waals surface area contributed by atoms with Crippen LogP contribution in [0.2, 0.25) is 0 Å². The zero-order valence-corrected chi connectivity index (χ0v) is 15.3. The van der Waals surface area contributed by atoms with Crippen LogP contribution in [0, 0.1) is 5.82 Å². The number of anilines is 1. The second-order valence-electron chi connectivity index (χ2n) is 6.33. The van der Waals surface area contributed by atoms with Gasteiger partial charge in [0.05, 0.1) is 24.3 Å². The minimum atomic E-state index is -0.628. The number of hydrogen-bond acceptors (Lipinski definition) is 8. The number of hydrogen-bond donors (Lipinski definition) is 1. The monoisotopic (exact) mass is 401 g/mol. The van der Waals surface area contributed by atoms with Gasteiger partial charge in [-0.15, -0.1) is 0 Å². The number of amides is 2. The number of aromatic nitrogens is 5. The second kappa shape index (κ2) is 7.66. The summed E-state index contributed by atoms with van der Waals surface area (Å²) < 4.78 is 26.5. The summed E-state index contributed by atoms with van der Waals surface area (Å²) in [6, 6.07) is 4.20. The van der Waals surface area contributed by atoms with Gasteiger partial charge in [0.2, 0.25) is 5.91 Å². The number of nitrogens with one attached hydrogen (secondary N) is 1. The Labute approximate surface area is 163 Å². The van der Waals surface area contributed by atoms with E-state index in [-0.39, 0.29) is 37.0 Å². The number of rotatable bonds is 6. The predicted octanol–water partition coefficient (Wildman–Crippen LogP) is 0.977. The summed E-state index contributed by atoms with van der Waals surface area (Å²) in [7, 11) is 0. The van der Waals surface area contributed by atoms with E-state index in [4.69, 9.17) is 9.26 Å². The molecule has 11 nitrogen and oxygen atoms in total. The van der Waals surface area contributed by atoms with Crippen LogP contribution in [0.5, 0.6) is 0 Å². The first-order valence-electron chi connectivity index (χ1n) is 8.67. The van der Waals surface area contributed by atoms with Crippen LogP contribution < -0.4 is 10.2 Å². The standard InChI is InChI=1S/C17H16FN7O4/c1-10(26)20-5-12-6-25(17(27)28-12)11-2-3-13(14(18)4-11)16-22-15(23-29-16)7-24-9-19-8-21-24/h2-4,8-9,12H,5-7H2,1H3,(H,20,26). The fourth-order valence-corrected chi connectivity index (χ4v) is 2.83. The largest absolute Gasteiger partial charge is 0.442 e. The molecule has 1 atom stereocenters. The molecule has 150 valence electrons. The lowest BCUT2D eigenvalue weighted by Crippen LogP contribution is -2.33. The maximum absolute atomic E-state index is 14.7. The molecule has 0 radical (unpaired) electrons. The minimum Gasteiger partial charge on any atom is -0.442 e. The summed E-state index contributed by atoms with van der Waals surface area (Å²) in [6.07, 6.45) is 1.76. The topological polar surface area (TPSA) is 128 Å². The highest BCUT2D eigenvalue weighted by Crippen LogP contribution is 2.28. The van der Waals surface area contributed by atoms with Crippen molar-refractivity contribution in [1.29, 1.82) is 0 Å². The van der Waals surface area contributed by atoms with Gasteiger partial charge in [-0.25, -0.2) is 18.9 Å². The molecule has 3 aromatic rings. The average Bonchev–Trinajstić information content (AvgIpc) is 3.42. The molecule has 1 aliphatic rings. The van der Waals surface area contributed by atoms with Crippen molar-refractivity contribution in [2.24, 2.45) is 0 Å². The van der Waals surface area contributed by atoms with Crippen molar-refractivity contribution in [2.45, 2.75) is 19.6 Å². The van der Waals surface area contributed by atoms with E-state index in [1.807, 2.05) is 0 Å². The lowest BCUT2D eigenvalue weighted by Gasteiger charge is -2.13. The van der Waals surface area contributed by atoms with Crippen LogP contribution in [-0.2, 0) is 16.1 Å². The van der Waals surface area contributed by atoms with E-state index < -0.39 is 18.0 Å². The summed E-state index contributed by atoms with van der Waals surface area (Å²) >= 11 is 0. The Morgan fingerprint density at radius 3 is 3.00 bits per heavy atom. The third-order valence-corrected chi connectivity index (χ3v) is 4.19. The van der Waals surface area contributed by atoms with Gasteiger partial charge in [0, 0.05) is 6.92 Å². The highest BCUT2D eigenvalue weighted by atomic mass is 19.1. The van der Waals surface area contributed by atoms with E-state index in [2.05, 4.69) is 25.5 Å². The van der Waals surface area contributed by atoms with Crippen molar-refractivity contribution in [3.63, 3.8) is 0 Å². The Morgan fingerprint density at radius 1 is 1.41 bits per heavy atom. The van der Waals surface area contributed by atoms with E-state index in [1.165, 1.54) is 41.3 Å². The Balaban J connectivity index is 1.48. The number of cyclic esters (lactones) is 1. The van der Waals surface area contributed by atoms with E-state index >= 15 is 0 Å². The number of ether oxygens (including phenoxy) is 1. The quantitative estimate of drug-likeness (QED) is 0.647. The van der Waals surface area contributed by atoms with Crippen LogP contribution in [-0.4, -0.2) is 56.1 Å². The number of carbonyl (C=O) groups excluding carboxylic acids is 2. The molecule has 0 bridgehead atoms. The molecular formula is C17H16FN7O4. The van der Waals surface area contributed by atoms with Crippen molar-refractivity contribution < 1.29 is 23.2 Å². The third kappa shape index (κ3) is 4.05. The van der Waals surface area contributed by atoms with Crippen LogP contribution in [0.3, 0.4) is 0 Å². The molecule has 1 aliphatic heterocycles. The first-order chi connectivity index (χ1) is 14.0. The van der Waals surface area contributed by atoms with Crippen molar-refractivity contribution in [3.05, 3.63) is 42.5 Å². The molecule has 3 heterocycles. The van der Waals surface area contributed by atoms with Crippen LogP contribution in [0.1, 0.15) is 12.7 Å². The van der Waals surface area contributed by atoms with Crippen LogP contribution in [0.15, 0.2) is 35.4 Å². The van der Waals surface area contributed by atoms with Gasteiger partial charge in [-0.2, -0.15) is 10.1 Å². The van der Waals surface area contributed by atoms with E-state index in [1.54, 1.807) is 6.07 Å². The fraction of sp³-hybridized carbons (Fsp3) is 0.294. The SMILES string of the molecule is CC(=O)NCC1CN(c2ccc(-c3nc(Cn4cncn4)no3)c(F)c2)C(=O)O1. The molecule has 0 spiro atoms. The Hall–Kier alpha value is -3.83. The molecule has 2 aromatic heterocycles. The zero-order chi connectivity index (χ0) is 20.4. The van der Waals surface area contributed by atoms with Crippen molar-refractivity contribution in [2.75, 3.05) is 18.0 Å². The van der Waals surface area contributed by atoms with E-state index in [0.29, 0.717) is 11.5 Å². The zero-order valence-electron chi connectivity index (χ0n) is 15.3. The number of halogens is 1. The van der Waals surface area contributed by atoms with Crippen molar-refractivity contribution in [3.8, 4) is 11.5 Å². The van der Waals surface area contributed by atoms with Gasteiger partial charge in [0.1, 0.15) is 31.1 Å². The first kappa shape index (κ1) is 18.5. The maximum atomic E-state index is 14.7. The van der Waals surface area contributed by atoms with Gasteiger partial charge in [0.15, 0.2) is 5.82 Å². The highest BCUT2D eigenvalue weighted by molar-refractivity contribution is 5.90. The lowest BCUT2D eigenvalue weighted by atomic mass is 10.1. The van der Waals surface area contributed by atoms with Gasteiger partial charge in [0.25, 0.3) is 5.89 Å². The molecule has 1 fully saturated rings. The van der Waals surface area contributed by atoms with Gasteiger partial charge < -0.3 is 14.6 Å². The lowest BCUT2D eigenvalue weighted by molar-refractivity contribution is -0.119. The molecule has 29 heavy (non-hydrogen) atoms. The molecule has 1 N–H and O–H groups in total. The predicted molar refractivity (Wildman–Crippen MR) is 95.1 cm³/mol. The van der Waals surface area contributed by atoms with Gasteiger partial charge >= 0.3 is 6.09 Å². The molecule has 2 amide bonds. The molecule has 0 saturated carbocycles. The molecule has 0 aliphatic carbocycles.